The van der Waals surface area contributed by atoms with Gasteiger partial charge in [-0.15, -0.1) is 11.3 Å². The van der Waals surface area contributed by atoms with Crippen molar-refractivity contribution in [1.82, 2.24) is 9.55 Å². The van der Waals surface area contributed by atoms with Gasteiger partial charge in [0.1, 0.15) is 11.4 Å². The van der Waals surface area contributed by atoms with E-state index in [1.165, 1.54) is 27.8 Å². The van der Waals surface area contributed by atoms with E-state index in [-0.39, 0.29) is 12.1 Å². The molecule has 8 heteroatoms. The average molecular weight is 458 g/mol. The van der Waals surface area contributed by atoms with E-state index in [9.17, 15) is 9.59 Å². The molecule has 0 saturated heterocycles. The summed E-state index contributed by atoms with van der Waals surface area (Å²) in [4.78, 5) is 30.7. The third-order valence-electron chi connectivity index (χ3n) is 4.92. The van der Waals surface area contributed by atoms with Crippen LogP contribution in [0.2, 0.25) is 10.0 Å². The van der Waals surface area contributed by atoms with Crippen molar-refractivity contribution >= 4 is 56.3 Å². The first-order valence-electron chi connectivity index (χ1n) is 9.13. The molecule has 0 aliphatic rings. The number of benzene rings is 2. The molecule has 30 heavy (non-hydrogen) atoms. The van der Waals surface area contributed by atoms with E-state index in [0.717, 1.165) is 16.7 Å². The molecule has 5 nitrogen and oxygen atoms in total. The van der Waals surface area contributed by atoms with Crippen LogP contribution in [0.1, 0.15) is 11.1 Å². The van der Waals surface area contributed by atoms with Crippen LogP contribution in [0, 0.1) is 13.8 Å². The SMILES string of the molecule is Cc1ccc(-c2csc3ncn(CC(=O)Nc4c(Cl)cccc4Cl)c(=O)c23)cc1C. The van der Waals surface area contributed by atoms with E-state index < -0.39 is 5.91 Å². The minimum Gasteiger partial charge on any atom is -0.322 e. The Morgan fingerprint density at radius 1 is 1.13 bits per heavy atom. The average Bonchev–Trinajstić information content (AvgIpc) is 3.14. The van der Waals surface area contributed by atoms with Crippen LogP contribution in [-0.4, -0.2) is 15.5 Å². The molecule has 0 aliphatic carbocycles. The van der Waals surface area contributed by atoms with Gasteiger partial charge in [-0.05, 0) is 42.7 Å². The molecule has 0 spiro atoms. The molecule has 1 N–H and O–H groups in total. The normalized spacial score (nSPS) is 11.1. The first kappa shape index (κ1) is 20.6. The van der Waals surface area contributed by atoms with Gasteiger partial charge >= 0.3 is 0 Å². The summed E-state index contributed by atoms with van der Waals surface area (Å²) in [6.07, 6.45) is 1.39. The summed E-state index contributed by atoms with van der Waals surface area (Å²) < 4.78 is 1.29. The lowest BCUT2D eigenvalue weighted by atomic mass is 10.0. The Morgan fingerprint density at radius 2 is 1.87 bits per heavy atom. The minimum atomic E-state index is -0.420. The van der Waals surface area contributed by atoms with Crippen LogP contribution in [0.5, 0.6) is 0 Å². The van der Waals surface area contributed by atoms with Crippen molar-refractivity contribution in [2.24, 2.45) is 0 Å². The lowest BCUT2D eigenvalue weighted by Gasteiger charge is -2.10. The molecular weight excluding hydrogens is 441 g/mol. The van der Waals surface area contributed by atoms with Crippen LogP contribution >= 0.6 is 34.5 Å². The largest absolute Gasteiger partial charge is 0.322 e. The summed E-state index contributed by atoms with van der Waals surface area (Å²) in [6, 6.07) is 11.0. The fourth-order valence-corrected chi connectivity index (χ4v) is 4.55. The molecule has 0 fully saturated rings. The van der Waals surface area contributed by atoms with Gasteiger partial charge in [-0.2, -0.15) is 0 Å². The highest BCUT2D eigenvalue weighted by Crippen LogP contribution is 2.32. The Labute approximate surface area is 186 Å². The van der Waals surface area contributed by atoms with E-state index in [2.05, 4.69) is 16.4 Å². The smallest absolute Gasteiger partial charge is 0.263 e. The minimum absolute atomic E-state index is 0.203. The molecule has 2 heterocycles. The summed E-state index contributed by atoms with van der Waals surface area (Å²) >= 11 is 13.6. The molecular formula is C22H17Cl2N3O2S. The van der Waals surface area contributed by atoms with Crippen LogP contribution in [0.15, 0.2) is 52.9 Å². The highest BCUT2D eigenvalue weighted by atomic mass is 35.5. The number of aryl methyl sites for hydroxylation is 2. The summed E-state index contributed by atoms with van der Waals surface area (Å²) in [5.41, 5.74) is 4.15. The number of hydrogen-bond acceptors (Lipinski definition) is 4. The first-order chi connectivity index (χ1) is 14.3. The van der Waals surface area contributed by atoms with Gasteiger partial charge < -0.3 is 5.32 Å². The summed E-state index contributed by atoms with van der Waals surface area (Å²) in [7, 11) is 0. The number of thiophene rings is 1. The Balaban J connectivity index is 1.69. The number of aromatic nitrogens is 2. The van der Waals surface area contributed by atoms with Crippen molar-refractivity contribution in [3.63, 3.8) is 0 Å². The van der Waals surface area contributed by atoms with Gasteiger partial charge in [0.2, 0.25) is 5.91 Å². The maximum Gasteiger partial charge on any atom is 0.263 e. The van der Waals surface area contributed by atoms with Crippen LogP contribution in [0.4, 0.5) is 5.69 Å². The first-order valence-corrected chi connectivity index (χ1v) is 10.8. The number of rotatable bonds is 4. The maximum atomic E-state index is 13.2. The summed E-state index contributed by atoms with van der Waals surface area (Å²) in [5, 5.41) is 5.76. The van der Waals surface area contributed by atoms with Gasteiger partial charge in [-0.1, -0.05) is 47.5 Å². The second-order valence-electron chi connectivity index (χ2n) is 6.95. The van der Waals surface area contributed by atoms with Gasteiger partial charge in [0.25, 0.3) is 5.56 Å². The zero-order valence-corrected chi connectivity index (χ0v) is 18.5. The van der Waals surface area contributed by atoms with E-state index >= 15 is 0 Å². The van der Waals surface area contributed by atoms with Crippen molar-refractivity contribution in [2.75, 3.05) is 5.32 Å². The maximum absolute atomic E-state index is 13.2. The molecule has 0 radical (unpaired) electrons. The van der Waals surface area contributed by atoms with Crippen molar-refractivity contribution in [3.8, 4) is 11.1 Å². The topological polar surface area (TPSA) is 64.0 Å². The highest BCUT2D eigenvalue weighted by Gasteiger charge is 2.16. The van der Waals surface area contributed by atoms with Crippen LogP contribution in [-0.2, 0) is 11.3 Å². The number of fused-ring (bicyclic) bond motifs is 1. The fraction of sp³-hybridized carbons (Fsp3) is 0.136. The van der Waals surface area contributed by atoms with Crippen molar-refractivity contribution < 1.29 is 4.79 Å². The van der Waals surface area contributed by atoms with E-state index in [4.69, 9.17) is 23.2 Å². The van der Waals surface area contributed by atoms with E-state index in [0.29, 0.717) is 25.9 Å². The molecule has 2 aromatic carbocycles. The van der Waals surface area contributed by atoms with Gasteiger partial charge in [-0.3, -0.25) is 14.2 Å². The number of halogens is 2. The van der Waals surface area contributed by atoms with Crippen molar-refractivity contribution in [1.29, 1.82) is 0 Å². The number of para-hydroxylation sites is 1. The molecule has 4 aromatic rings. The van der Waals surface area contributed by atoms with Gasteiger partial charge in [-0.25, -0.2) is 4.98 Å². The molecule has 0 bridgehead atoms. The summed E-state index contributed by atoms with van der Waals surface area (Å²) in [6.45, 7) is 3.88. The molecule has 4 rings (SSSR count). The van der Waals surface area contributed by atoms with Crippen molar-refractivity contribution in [3.05, 3.63) is 79.6 Å². The van der Waals surface area contributed by atoms with Crippen molar-refractivity contribution in [2.45, 2.75) is 20.4 Å². The highest BCUT2D eigenvalue weighted by molar-refractivity contribution is 7.17. The van der Waals surface area contributed by atoms with E-state index in [1.807, 2.05) is 31.4 Å². The summed E-state index contributed by atoms with van der Waals surface area (Å²) in [5.74, 6) is -0.420. The standard InChI is InChI=1S/C22H17Cl2N3O2S/c1-12-6-7-14(8-13(12)2)15-10-30-21-19(15)22(29)27(11-25-21)9-18(28)26-20-16(23)4-3-5-17(20)24/h3-8,10-11H,9H2,1-2H3,(H,26,28). The van der Waals surface area contributed by atoms with Crippen LogP contribution in [0.25, 0.3) is 21.3 Å². The Hall–Kier alpha value is -2.67. The number of anilines is 1. The Morgan fingerprint density at radius 3 is 2.57 bits per heavy atom. The fourth-order valence-electron chi connectivity index (χ4n) is 3.15. The van der Waals surface area contributed by atoms with E-state index in [1.54, 1.807) is 18.2 Å². The third-order valence-corrected chi connectivity index (χ3v) is 6.44. The van der Waals surface area contributed by atoms with Crippen LogP contribution in [0.3, 0.4) is 0 Å². The third kappa shape index (κ3) is 3.86. The lowest BCUT2D eigenvalue weighted by molar-refractivity contribution is -0.116. The van der Waals surface area contributed by atoms with Gasteiger partial charge in [0.05, 0.1) is 27.4 Å². The number of nitrogens with one attached hydrogen (secondary N) is 1. The lowest BCUT2D eigenvalue weighted by Crippen LogP contribution is -2.28. The number of carbonyl (C=O) groups excluding carboxylic acids is 1. The number of hydrogen-bond donors (Lipinski definition) is 1. The Bertz CT molecular complexity index is 1320. The van der Waals surface area contributed by atoms with Gasteiger partial charge in [0.15, 0.2) is 0 Å². The molecule has 0 unspecified atom stereocenters. The molecule has 1 amide bonds. The predicted octanol–water partition coefficient (Wildman–Crippen LogP) is 5.69. The number of amides is 1. The second-order valence-corrected chi connectivity index (χ2v) is 8.62. The molecule has 0 aliphatic heterocycles. The van der Waals surface area contributed by atoms with Gasteiger partial charge in [0, 0.05) is 10.9 Å². The monoisotopic (exact) mass is 457 g/mol. The molecule has 152 valence electrons. The number of nitrogens with zero attached hydrogens (tertiary/aromatic N) is 2. The Kier molecular flexibility index (Phi) is 5.64. The molecule has 0 atom stereocenters. The van der Waals surface area contributed by atoms with Crippen LogP contribution < -0.4 is 10.9 Å². The second kappa shape index (κ2) is 8.22. The quantitative estimate of drug-likeness (QED) is 0.428. The predicted molar refractivity (Wildman–Crippen MR) is 124 cm³/mol. The molecule has 2 aromatic heterocycles. The molecule has 0 saturated carbocycles. The zero-order chi connectivity index (χ0) is 21.4. The zero-order valence-electron chi connectivity index (χ0n) is 16.2. The number of carbonyl (C=O) groups is 1.